The first-order valence-corrected chi connectivity index (χ1v) is 8.96. The molecular formula is C18H23ClN4O3. The van der Waals surface area contributed by atoms with Crippen LogP contribution in [0.15, 0.2) is 24.3 Å². The van der Waals surface area contributed by atoms with Gasteiger partial charge in [-0.1, -0.05) is 11.6 Å². The largest absolute Gasteiger partial charge is 0.483 e. The molecule has 140 valence electrons. The highest BCUT2D eigenvalue weighted by Gasteiger charge is 2.19. The van der Waals surface area contributed by atoms with Crippen molar-refractivity contribution >= 4 is 17.5 Å². The summed E-state index contributed by atoms with van der Waals surface area (Å²) in [7, 11) is 0. The fraction of sp³-hybridized carbons (Fsp3) is 0.444. The van der Waals surface area contributed by atoms with Crippen LogP contribution in [-0.2, 0) is 24.4 Å². The summed E-state index contributed by atoms with van der Waals surface area (Å²) in [5.74, 6) is 0.0888. The summed E-state index contributed by atoms with van der Waals surface area (Å²) in [5.41, 5.74) is 7.84. The zero-order chi connectivity index (χ0) is 18.7. The van der Waals surface area contributed by atoms with Gasteiger partial charge in [0.1, 0.15) is 5.75 Å². The number of nitrogens with two attached hydrogens (primary N) is 1. The third kappa shape index (κ3) is 4.55. The van der Waals surface area contributed by atoms with E-state index in [-0.39, 0.29) is 6.61 Å². The van der Waals surface area contributed by atoms with E-state index in [9.17, 15) is 9.90 Å². The number of aromatic nitrogens is 2. The Balaban J connectivity index is 1.77. The van der Waals surface area contributed by atoms with E-state index in [1.807, 2.05) is 16.8 Å². The molecule has 1 aliphatic rings. The second-order valence-corrected chi connectivity index (χ2v) is 6.97. The van der Waals surface area contributed by atoms with Crippen molar-refractivity contribution in [3.63, 3.8) is 0 Å². The van der Waals surface area contributed by atoms with Gasteiger partial charge in [0, 0.05) is 36.8 Å². The molecule has 1 atom stereocenters. The first kappa shape index (κ1) is 18.7. The van der Waals surface area contributed by atoms with Crippen molar-refractivity contribution in [2.45, 2.75) is 39.1 Å². The van der Waals surface area contributed by atoms with Crippen LogP contribution in [-0.4, -0.2) is 38.8 Å². The SMILES string of the molecule is C[C@@H](O)c1cc2n(n1)CCCN(Cc1cc(Cl)ccc1OCC(N)=O)C2. The zero-order valence-electron chi connectivity index (χ0n) is 14.7. The molecule has 0 bridgehead atoms. The van der Waals surface area contributed by atoms with Crippen LogP contribution in [0.3, 0.4) is 0 Å². The lowest BCUT2D eigenvalue weighted by Crippen LogP contribution is -2.24. The number of aliphatic hydroxyl groups excluding tert-OH is 1. The minimum Gasteiger partial charge on any atom is -0.483 e. The molecule has 7 nitrogen and oxygen atoms in total. The lowest BCUT2D eigenvalue weighted by Gasteiger charge is -2.21. The first-order chi connectivity index (χ1) is 12.4. The fourth-order valence-corrected chi connectivity index (χ4v) is 3.29. The number of aliphatic hydroxyl groups is 1. The van der Waals surface area contributed by atoms with Gasteiger partial charge in [-0.3, -0.25) is 14.4 Å². The number of ether oxygens (including phenoxy) is 1. The van der Waals surface area contributed by atoms with Gasteiger partial charge < -0.3 is 15.6 Å². The van der Waals surface area contributed by atoms with Gasteiger partial charge >= 0.3 is 0 Å². The Labute approximate surface area is 157 Å². The van der Waals surface area contributed by atoms with Gasteiger partial charge in [0.2, 0.25) is 0 Å². The van der Waals surface area contributed by atoms with Gasteiger partial charge in [0.15, 0.2) is 6.61 Å². The fourth-order valence-electron chi connectivity index (χ4n) is 3.09. The molecule has 0 fully saturated rings. The van der Waals surface area contributed by atoms with E-state index in [4.69, 9.17) is 22.1 Å². The molecular weight excluding hydrogens is 356 g/mol. The third-order valence-corrected chi connectivity index (χ3v) is 4.56. The van der Waals surface area contributed by atoms with Crippen molar-refractivity contribution in [1.82, 2.24) is 14.7 Å². The molecule has 1 aromatic heterocycles. The van der Waals surface area contributed by atoms with Crippen LogP contribution in [0.5, 0.6) is 5.75 Å². The summed E-state index contributed by atoms with van der Waals surface area (Å²) >= 11 is 6.14. The number of halogens is 1. The molecule has 2 aromatic rings. The molecule has 1 amide bonds. The minimum absolute atomic E-state index is 0.168. The van der Waals surface area contributed by atoms with E-state index >= 15 is 0 Å². The summed E-state index contributed by atoms with van der Waals surface area (Å²) in [6.45, 7) is 4.60. The van der Waals surface area contributed by atoms with Gasteiger partial charge in [-0.05, 0) is 37.6 Å². The lowest BCUT2D eigenvalue weighted by atomic mass is 10.1. The first-order valence-electron chi connectivity index (χ1n) is 8.59. The number of aryl methyl sites for hydroxylation is 1. The maximum atomic E-state index is 11.0. The van der Waals surface area contributed by atoms with Gasteiger partial charge in [0.25, 0.3) is 5.91 Å². The highest BCUT2D eigenvalue weighted by atomic mass is 35.5. The van der Waals surface area contributed by atoms with E-state index in [0.717, 1.165) is 30.8 Å². The van der Waals surface area contributed by atoms with Gasteiger partial charge in [-0.15, -0.1) is 0 Å². The number of nitrogens with zero attached hydrogens (tertiary/aromatic N) is 3. The zero-order valence-corrected chi connectivity index (χ0v) is 15.4. The number of carbonyl (C=O) groups is 1. The summed E-state index contributed by atoms with van der Waals surface area (Å²) < 4.78 is 7.48. The van der Waals surface area contributed by atoms with Crippen LogP contribution < -0.4 is 10.5 Å². The Morgan fingerprint density at radius 2 is 2.23 bits per heavy atom. The maximum Gasteiger partial charge on any atom is 0.255 e. The molecule has 0 radical (unpaired) electrons. The van der Waals surface area contributed by atoms with Crippen molar-refractivity contribution < 1.29 is 14.6 Å². The number of primary amides is 1. The Morgan fingerprint density at radius 3 is 2.96 bits per heavy atom. The summed E-state index contributed by atoms with van der Waals surface area (Å²) in [5, 5.41) is 14.8. The topological polar surface area (TPSA) is 93.6 Å². The van der Waals surface area contributed by atoms with Crippen LogP contribution in [0.1, 0.15) is 36.4 Å². The Kier molecular flexibility index (Phi) is 5.80. The van der Waals surface area contributed by atoms with E-state index in [2.05, 4.69) is 10.00 Å². The second kappa shape index (κ2) is 8.07. The van der Waals surface area contributed by atoms with Gasteiger partial charge in [-0.2, -0.15) is 5.10 Å². The van der Waals surface area contributed by atoms with E-state index in [0.29, 0.717) is 29.6 Å². The normalized spacial score (nSPS) is 16.0. The lowest BCUT2D eigenvalue weighted by molar-refractivity contribution is -0.119. The van der Waals surface area contributed by atoms with Crippen molar-refractivity contribution in [2.24, 2.45) is 5.73 Å². The van der Waals surface area contributed by atoms with Gasteiger partial charge in [-0.25, -0.2) is 0 Å². The molecule has 8 heteroatoms. The molecule has 0 aliphatic carbocycles. The second-order valence-electron chi connectivity index (χ2n) is 6.53. The minimum atomic E-state index is -0.579. The number of carbonyl (C=O) groups excluding carboxylic acids is 1. The molecule has 3 N–H and O–H groups in total. The summed E-state index contributed by atoms with van der Waals surface area (Å²) in [4.78, 5) is 13.3. The highest BCUT2D eigenvalue weighted by molar-refractivity contribution is 6.30. The molecule has 26 heavy (non-hydrogen) atoms. The molecule has 0 saturated carbocycles. The Bertz CT molecular complexity index is 791. The quantitative estimate of drug-likeness (QED) is 0.800. The van der Waals surface area contributed by atoms with Gasteiger partial charge in [0.05, 0.1) is 17.5 Å². The number of hydrogen-bond donors (Lipinski definition) is 2. The number of fused-ring (bicyclic) bond motifs is 1. The predicted molar refractivity (Wildman–Crippen MR) is 97.7 cm³/mol. The van der Waals surface area contributed by atoms with Crippen molar-refractivity contribution in [2.75, 3.05) is 13.2 Å². The summed E-state index contributed by atoms with van der Waals surface area (Å²) in [6.07, 6.45) is 0.371. The number of hydrogen-bond acceptors (Lipinski definition) is 5. The predicted octanol–water partition coefficient (Wildman–Crippen LogP) is 1.86. The third-order valence-electron chi connectivity index (χ3n) is 4.33. The molecule has 1 aliphatic heterocycles. The average Bonchev–Trinajstić information content (AvgIpc) is 2.88. The monoisotopic (exact) mass is 378 g/mol. The Hall–Kier alpha value is -2.09. The number of rotatable bonds is 6. The molecule has 2 heterocycles. The molecule has 0 saturated heterocycles. The maximum absolute atomic E-state index is 11.0. The van der Waals surface area contributed by atoms with Crippen molar-refractivity contribution in [3.8, 4) is 5.75 Å². The van der Waals surface area contributed by atoms with Crippen LogP contribution in [0.4, 0.5) is 0 Å². The highest BCUT2D eigenvalue weighted by Crippen LogP contribution is 2.26. The van der Waals surface area contributed by atoms with Crippen LogP contribution in [0, 0.1) is 0 Å². The Morgan fingerprint density at radius 1 is 1.42 bits per heavy atom. The van der Waals surface area contributed by atoms with Crippen LogP contribution in [0.25, 0.3) is 0 Å². The van der Waals surface area contributed by atoms with Crippen LogP contribution in [0.2, 0.25) is 5.02 Å². The van der Waals surface area contributed by atoms with Crippen molar-refractivity contribution in [3.05, 3.63) is 46.2 Å². The molecule has 3 rings (SSSR count). The average molecular weight is 379 g/mol. The van der Waals surface area contributed by atoms with E-state index in [1.165, 1.54) is 0 Å². The van der Waals surface area contributed by atoms with E-state index < -0.39 is 12.0 Å². The summed E-state index contributed by atoms with van der Waals surface area (Å²) in [6, 6.07) is 7.29. The van der Waals surface area contributed by atoms with Crippen molar-refractivity contribution in [1.29, 1.82) is 0 Å². The number of benzene rings is 1. The smallest absolute Gasteiger partial charge is 0.255 e. The standard InChI is InChI=1S/C18H23ClN4O3/c1-12(24)16-8-15-10-22(5-2-6-23(15)21-16)9-13-7-14(19)3-4-17(13)26-11-18(20)25/h3-4,7-8,12,24H,2,5-6,9-11H2,1H3,(H2,20,25)/t12-/m1/s1. The number of amides is 1. The van der Waals surface area contributed by atoms with Crippen LogP contribution >= 0.6 is 11.6 Å². The van der Waals surface area contributed by atoms with E-state index in [1.54, 1.807) is 19.1 Å². The molecule has 0 spiro atoms. The molecule has 0 unspecified atom stereocenters. The molecule has 1 aromatic carbocycles.